The number of hydrogen-bond acceptors (Lipinski definition) is 3. The Morgan fingerprint density at radius 3 is 2.88 bits per heavy atom. The topological polar surface area (TPSA) is 56.9 Å². The molecule has 0 fully saturated rings. The number of fused-ring (bicyclic) bond motifs is 3. The summed E-state index contributed by atoms with van der Waals surface area (Å²) in [5.41, 5.74) is 3.96. The summed E-state index contributed by atoms with van der Waals surface area (Å²) in [6.07, 6.45) is 5.92. The molecule has 0 atom stereocenters. The Kier molecular flexibility index (Phi) is 2.04. The van der Waals surface area contributed by atoms with Gasteiger partial charge in [0.05, 0.1) is 5.56 Å². The average Bonchev–Trinajstić information content (AvgIpc) is 2.79. The molecule has 1 aliphatic rings. The van der Waals surface area contributed by atoms with E-state index >= 15 is 0 Å². The Bertz CT molecular complexity index is 659. The van der Waals surface area contributed by atoms with Gasteiger partial charge in [-0.25, -0.2) is 0 Å². The minimum Gasteiger partial charge on any atom is -0.273 e. The fraction of sp³-hybridized carbons (Fsp3) is 0.364. The second-order valence-electron chi connectivity index (χ2n) is 4.03. The van der Waals surface area contributed by atoms with Gasteiger partial charge in [-0.1, -0.05) is 12.2 Å². The van der Waals surface area contributed by atoms with E-state index in [1.165, 1.54) is 12.0 Å². The minimum atomic E-state index is 0.576. The van der Waals surface area contributed by atoms with Crippen molar-refractivity contribution in [1.29, 1.82) is 5.26 Å². The average molecular weight is 230 g/mol. The minimum absolute atomic E-state index is 0.576. The van der Waals surface area contributed by atoms with Gasteiger partial charge in [0.25, 0.3) is 0 Å². The number of nitrogens with zero attached hydrogens (tertiary/aromatic N) is 3. The highest BCUT2D eigenvalue weighted by Gasteiger charge is 2.19. The molecule has 0 radical (unpaired) electrons. The van der Waals surface area contributed by atoms with E-state index in [2.05, 4.69) is 16.3 Å². The van der Waals surface area contributed by atoms with Crippen molar-refractivity contribution in [2.24, 2.45) is 0 Å². The summed E-state index contributed by atoms with van der Waals surface area (Å²) in [5, 5.41) is 16.2. The Balaban J connectivity index is 2.52. The number of aromatic amines is 1. The van der Waals surface area contributed by atoms with Crippen molar-refractivity contribution in [2.45, 2.75) is 25.7 Å². The molecular weight excluding hydrogens is 220 g/mol. The first-order chi connectivity index (χ1) is 7.83. The van der Waals surface area contributed by atoms with Gasteiger partial charge in [-0.05, 0) is 36.8 Å². The molecule has 0 amide bonds. The van der Waals surface area contributed by atoms with Crippen LogP contribution in [0.3, 0.4) is 0 Å². The molecule has 0 aliphatic heterocycles. The summed E-state index contributed by atoms with van der Waals surface area (Å²) < 4.78 is 2.38. The van der Waals surface area contributed by atoms with Crippen molar-refractivity contribution in [2.75, 3.05) is 0 Å². The van der Waals surface area contributed by atoms with E-state index in [1.807, 2.05) is 0 Å². The number of nitrogens with one attached hydrogen (secondary N) is 1. The van der Waals surface area contributed by atoms with Gasteiger partial charge in [0.2, 0.25) is 0 Å². The van der Waals surface area contributed by atoms with Gasteiger partial charge in [-0.2, -0.15) is 10.4 Å². The molecular formula is C11H10N4S. The van der Waals surface area contributed by atoms with E-state index < -0.39 is 0 Å². The van der Waals surface area contributed by atoms with Gasteiger partial charge in [0.15, 0.2) is 0 Å². The maximum atomic E-state index is 9.21. The van der Waals surface area contributed by atoms with Crippen LogP contribution >= 0.6 is 12.2 Å². The van der Waals surface area contributed by atoms with Crippen molar-refractivity contribution >= 4 is 17.9 Å². The molecule has 1 N–H and O–H groups in total. The summed E-state index contributed by atoms with van der Waals surface area (Å²) in [4.78, 5) is 0. The lowest BCUT2D eigenvalue weighted by Crippen LogP contribution is -2.09. The number of rotatable bonds is 0. The zero-order chi connectivity index (χ0) is 11.1. The van der Waals surface area contributed by atoms with E-state index in [0.717, 1.165) is 30.5 Å². The quantitative estimate of drug-likeness (QED) is 0.705. The summed E-state index contributed by atoms with van der Waals surface area (Å²) in [6.45, 7) is 0. The molecule has 16 heavy (non-hydrogen) atoms. The first-order valence-electron chi connectivity index (χ1n) is 5.32. The molecule has 2 aromatic rings. The van der Waals surface area contributed by atoms with Crippen molar-refractivity contribution in [3.63, 3.8) is 0 Å². The number of aryl methyl sites for hydroxylation is 1. The zero-order valence-electron chi connectivity index (χ0n) is 8.66. The third-order valence-electron chi connectivity index (χ3n) is 3.18. The number of aromatic nitrogens is 3. The van der Waals surface area contributed by atoms with E-state index in [-0.39, 0.29) is 0 Å². The highest BCUT2D eigenvalue weighted by Crippen LogP contribution is 2.27. The Hall–Kier alpha value is -1.67. The largest absolute Gasteiger partial charge is 0.273 e. The number of pyridine rings is 1. The van der Waals surface area contributed by atoms with E-state index in [0.29, 0.717) is 10.2 Å². The molecule has 2 aromatic heterocycles. The van der Waals surface area contributed by atoms with Crippen LogP contribution in [-0.4, -0.2) is 14.6 Å². The molecule has 0 saturated carbocycles. The fourth-order valence-electron chi connectivity index (χ4n) is 2.43. The fourth-order valence-corrected chi connectivity index (χ4v) is 2.74. The SMILES string of the molecule is N#Cc1c2c(c3[nH]ncn3c1=S)CCCC2. The maximum absolute atomic E-state index is 9.21. The normalized spacial score (nSPS) is 14.7. The van der Waals surface area contributed by atoms with Crippen molar-refractivity contribution < 1.29 is 0 Å². The Morgan fingerprint density at radius 1 is 1.38 bits per heavy atom. The highest BCUT2D eigenvalue weighted by molar-refractivity contribution is 7.71. The van der Waals surface area contributed by atoms with Crippen LogP contribution in [0.15, 0.2) is 6.33 Å². The van der Waals surface area contributed by atoms with Crippen molar-refractivity contribution in [3.8, 4) is 6.07 Å². The van der Waals surface area contributed by atoms with Crippen LogP contribution in [0.1, 0.15) is 29.5 Å². The van der Waals surface area contributed by atoms with Gasteiger partial charge in [-0.15, -0.1) is 0 Å². The Labute approximate surface area is 97.5 Å². The van der Waals surface area contributed by atoms with Crippen LogP contribution in [0.2, 0.25) is 0 Å². The first kappa shape index (κ1) is 9.55. The van der Waals surface area contributed by atoms with E-state index in [9.17, 15) is 5.26 Å². The van der Waals surface area contributed by atoms with Gasteiger partial charge in [0, 0.05) is 0 Å². The van der Waals surface area contributed by atoms with Crippen LogP contribution in [0.4, 0.5) is 0 Å². The standard InChI is InChI=1S/C11H10N4S/c12-5-9-7-3-1-2-4-8(7)10-14-13-6-15(10)11(9)16/h6,14H,1-4H2. The molecule has 0 aromatic carbocycles. The van der Waals surface area contributed by atoms with Crippen LogP contribution in [0, 0.1) is 16.0 Å². The van der Waals surface area contributed by atoms with Crippen LogP contribution in [-0.2, 0) is 12.8 Å². The van der Waals surface area contributed by atoms with Gasteiger partial charge in [0.1, 0.15) is 22.7 Å². The lowest BCUT2D eigenvalue weighted by atomic mass is 9.90. The number of H-pyrrole nitrogens is 1. The lowest BCUT2D eigenvalue weighted by molar-refractivity contribution is 0.682. The van der Waals surface area contributed by atoms with Crippen LogP contribution in [0.5, 0.6) is 0 Å². The molecule has 3 rings (SSSR count). The molecule has 1 aliphatic carbocycles. The number of hydrogen-bond donors (Lipinski definition) is 1. The molecule has 0 unspecified atom stereocenters. The van der Waals surface area contributed by atoms with Crippen LogP contribution in [0.25, 0.3) is 5.65 Å². The zero-order valence-corrected chi connectivity index (χ0v) is 9.47. The van der Waals surface area contributed by atoms with Crippen molar-refractivity contribution in [3.05, 3.63) is 27.7 Å². The third kappa shape index (κ3) is 1.14. The van der Waals surface area contributed by atoms with E-state index in [1.54, 1.807) is 10.7 Å². The Morgan fingerprint density at radius 2 is 2.12 bits per heavy atom. The predicted octanol–water partition coefficient (Wildman–Crippen LogP) is 2.14. The van der Waals surface area contributed by atoms with Gasteiger partial charge < -0.3 is 0 Å². The van der Waals surface area contributed by atoms with Gasteiger partial charge in [-0.3, -0.25) is 9.50 Å². The molecule has 2 heterocycles. The third-order valence-corrected chi connectivity index (χ3v) is 3.59. The number of nitriles is 1. The lowest BCUT2D eigenvalue weighted by Gasteiger charge is -2.17. The summed E-state index contributed by atoms with van der Waals surface area (Å²) in [6, 6.07) is 2.24. The monoisotopic (exact) mass is 230 g/mol. The molecule has 0 saturated heterocycles. The van der Waals surface area contributed by atoms with E-state index in [4.69, 9.17) is 12.2 Å². The summed E-state index contributed by atoms with van der Waals surface area (Å²) in [7, 11) is 0. The molecule has 5 heteroatoms. The molecule has 0 spiro atoms. The maximum Gasteiger partial charge on any atom is 0.136 e. The second-order valence-corrected chi connectivity index (χ2v) is 4.42. The second kappa shape index (κ2) is 3.42. The smallest absolute Gasteiger partial charge is 0.136 e. The molecule has 4 nitrogen and oxygen atoms in total. The van der Waals surface area contributed by atoms with Crippen molar-refractivity contribution in [1.82, 2.24) is 14.6 Å². The predicted molar refractivity (Wildman–Crippen MR) is 61.7 cm³/mol. The van der Waals surface area contributed by atoms with Crippen LogP contribution < -0.4 is 0 Å². The summed E-state index contributed by atoms with van der Waals surface area (Å²) in [5.74, 6) is 0. The highest BCUT2D eigenvalue weighted by atomic mass is 32.1. The van der Waals surface area contributed by atoms with Gasteiger partial charge >= 0.3 is 0 Å². The molecule has 80 valence electrons. The summed E-state index contributed by atoms with van der Waals surface area (Å²) >= 11 is 5.31. The molecule has 0 bridgehead atoms. The first-order valence-corrected chi connectivity index (χ1v) is 5.73.